The summed E-state index contributed by atoms with van der Waals surface area (Å²) in [7, 11) is 0. The number of anilines is 1. The van der Waals surface area contributed by atoms with E-state index in [1.54, 1.807) is 6.20 Å². The molecular weight excluding hydrogens is 469 g/mol. The Kier molecular flexibility index (Phi) is 7.35. The zero-order valence-corrected chi connectivity index (χ0v) is 20.3. The van der Waals surface area contributed by atoms with Gasteiger partial charge >= 0.3 is 0 Å². The van der Waals surface area contributed by atoms with Crippen LogP contribution in [0, 0.1) is 11.7 Å². The fraction of sp³-hybridized carbons (Fsp3) is 0.241. The first-order valence-electron chi connectivity index (χ1n) is 12.4. The molecule has 0 saturated heterocycles. The molecule has 1 aliphatic rings. The van der Waals surface area contributed by atoms with Crippen LogP contribution in [0.4, 0.5) is 10.3 Å². The molecule has 0 radical (unpaired) electrons. The number of nitrogens with one attached hydrogen (secondary N) is 1. The minimum Gasteiger partial charge on any atom is -0.473 e. The highest BCUT2D eigenvalue weighted by atomic mass is 19.1. The Balaban J connectivity index is 1.30. The predicted molar refractivity (Wildman–Crippen MR) is 140 cm³/mol. The molecule has 5 rings (SSSR count). The number of hydrogen-bond acceptors (Lipinski definition) is 6. The lowest BCUT2D eigenvalue weighted by Gasteiger charge is -2.27. The Bertz CT molecular complexity index is 1360. The molecule has 0 spiro atoms. The van der Waals surface area contributed by atoms with Gasteiger partial charge in [0.2, 0.25) is 17.7 Å². The molecule has 2 atom stereocenters. The van der Waals surface area contributed by atoms with E-state index in [1.807, 2.05) is 66.7 Å². The van der Waals surface area contributed by atoms with Gasteiger partial charge in [0.15, 0.2) is 5.82 Å². The van der Waals surface area contributed by atoms with Gasteiger partial charge in [-0.2, -0.15) is 0 Å². The van der Waals surface area contributed by atoms with Crippen LogP contribution in [0.15, 0.2) is 79.1 Å². The number of ether oxygens (including phenoxy) is 1. The molecule has 8 heteroatoms. The van der Waals surface area contributed by atoms with Gasteiger partial charge in [-0.15, -0.1) is 0 Å². The lowest BCUT2D eigenvalue weighted by Crippen LogP contribution is -2.34. The molecule has 2 unspecified atom stereocenters. The van der Waals surface area contributed by atoms with Crippen LogP contribution in [-0.2, 0) is 11.4 Å². The number of nitrogens with two attached hydrogens (primary N) is 1. The third kappa shape index (κ3) is 6.09. The number of pyridine rings is 1. The zero-order chi connectivity index (χ0) is 25.6. The van der Waals surface area contributed by atoms with Gasteiger partial charge in [0, 0.05) is 35.3 Å². The van der Waals surface area contributed by atoms with E-state index in [0.29, 0.717) is 30.4 Å². The number of amides is 1. The number of hydrogen-bond donors (Lipinski definition) is 2. The van der Waals surface area contributed by atoms with E-state index in [9.17, 15) is 9.18 Å². The summed E-state index contributed by atoms with van der Waals surface area (Å²) in [6.45, 7) is 0.441. The van der Waals surface area contributed by atoms with E-state index in [0.717, 1.165) is 36.0 Å². The number of aromatic nitrogens is 3. The van der Waals surface area contributed by atoms with Crippen molar-refractivity contribution in [3.05, 3.63) is 90.5 Å². The summed E-state index contributed by atoms with van der Waals surface area (Å²) in [5, 5.41) is 3.26. The minimum absolute atomic E-state index is 0.0181. The summed E-state index contributed by atoms with van der Waals surface area (Å²) in [6.07, 6.45) is 6.11. The first kappa shape index (κ1) is 24.4. The largest absolute Gasteiger partial charge is 0.473 e. The number of halogens is 1. The number of carbonyl (C=O) groups is 1. The van der Waals surface area contributed by atoms with Crippen molar-refractivity contribution in [2.75, 3.05) is 5.32 Å². The lowest BCUT2D eigenvalue weighted by molar-refractivity contribution is -0.122. The lowest BCUT2D eigenvalue weighted by atomic mass is 9.85. The van der Waals surface area contributed by atoms with Crippen LogP contribution in [0.5, 0.6) is 5.88 Å². The van der Waals surface area contributed by atoms with Gasteiger partial charge in [0.25, 0.3) is 0 Å². The fourth-order valence-electron chi connectivity index (χ4n) is 4.61. The average Bonchev–Trinajstić information content (AvgIpc) is 2.94. The van der Waals surface area contributed by atoms with Gasteiger partial charge in [-0.1, -0.05) is 55.0 Å². The van der Waals surface area contributed by atoms with Crippen molar-refractivity contribution in [3.63, 3.8) is 0 Å². The maximum absolute atomic E-state index is 14.8. The Hall–Kier alpha value is -4.33. The molecule has 1 amide bonds. The van der Waals surface area contributed by atoms with E-state index in [2.05, 4.69) is 20.3 Å². The van der Waals surface area contributed by atoms with Gasteiger partial charge in [-0.25, -0.2) is 19.3 Å². The molecule has 2 aromatic heterocycles. The van der Waals surface area contributed by atoms with Gasteiger partial charge in [-0.3, -0.25) is 4.79 Å². The standard InChI is InChI=1S/C29H28FN5O2/c30-25-17-33-29(34-24-11-5-10-22(15-24)28(31)36)35-27(25)21-9-4-8-20(14-21)23-12-13-26(32-16-23)37-18-19-6-2-1-3-7-19/h1-4,6-9,12-14,16-17,22,24H,5,10-11,15,18H2,(H2,31,36)(H,33,34,35). The van der Waals surface area contributed by atoms with Crippen molar-refractivity contribution < 1.29 is 13.9 Å². The molecule has 7 nitrogen and oxygen atoms in total. The van der Waals surface area contributed by atoms with E-state index >= 15 is 0 Å². The van der Waals surface area contributed by atoms with Crippen molar-refractivity contribution >= 4 is 11.9 Å². The monoisotopic (exact) mass is 497 g/mol. The van der Waals surface area contributed by atoms with Crippen LogP contribution in [0.3, 0.4) is 0 Å². The maximum atomic E-state index is 14.8. The van der Waals surface area contributed by atoms with Crippen LogP contribution >= 0.6 is 0 Å². The summed E-state index contributed by atoms with van der Waals surface area (Å²) in [6, 6.07) is 21.2. The highest BCUT2D eigenvalue weighted by Gasteiger charge is 2.26. The van der Waals surface area contributed by atoms with Gasteiger partial charge in [0.05, 0.1) is 6.20 Å². The second-order valence-corrected chi connectivity index (χ2v) is 9.24. The second kappa shape index (κ2) is 11.2. The van der Waals surface area contributed by atoms with Gasteiger partial charge < -0.3 is 15.8 Å². The Morgan fingerprint density at radius 1 is 0.973 bits per heavy atom. The molecule has 2 heterocycles. The van der Waals surface area contributed by atoms with Gasteiger partial charge in [-0.05, 0) is 42.5 Å². The number of nitrogens with zero attached hydrogens (tertiary/aromatic N) is 3. The summed E-state index contributed by atoms with van der Waals surface area (Å²) in [4.78, 5) is 24.6. The SMILES string of the molecule is NC(=O)C1CCCC(Nc2ncc(F)c(-c3cccc(-c4ccc(OCc5ccccc5)nc4)c3)n2)C1. The molecule has 0 aliphatic heterocycles. The number of benzene rings is 2. The molecule has 1 aliphatic carbocycles. The highest BCUT2D eigenvalue weighted by molar-refractivity contribution is 5.77. The smallest absolute Gasteiger partial charge is 0.223 e. The molecule has 37 heavy (non-hydrogen) atoms. The van der Waals surface area contributed by atoms with Crippen molar-refractivity contribution in [1.29, 1.82) is 0 Å². The molecule has 188 valence electrons. The van der Waals surface area contributed by atoms with Crippen molar-refractivity contribution in [2.45, 2.75) is 38.3 Å². The molecule has 2 aromatic carbocycles. The molecule has 1 saturated carbocycles. The van der Waals surface area contributed by atoms with Crippen LogP contribution in [0.25, 0.3) is 22.4 Å². The van der Waals surface area contributed by atoms with Crippen molar-refractivity contribution in [3.8, 4) is 28.3 Å². The minimum atomic E-state index is -0.510. The Morgan fingerprint density at radius 2 is 1.81 bits per heavy atom. The Labute approximate surface area is 215 Å². The first-order chi connectivity index (χ1) is 18.0. The third-order valence-electron chi connectivity index (χ3n) is 6.59. The quantitative estimate of drug-likeness (QED) is 0.339. The normalized spacial score (nSPS) is 17.2. The molecule has 1 fully saturated rings. The Morgan fingerprint density at radius 3 is 2.59 bits per heavy atom. The van der Waals surface area contributed by atoms with Crippen molar-refractivity contribution in [2.24, 2.45) is 11.7 Å². The second-order valence-electron chi connectivity index (χ2n) is 9.24. The molecule has 0 bridgehead atoms. The van der Waals surface area contributed by atoms with Crippen LogP contribution < -0.4 is 15.8 Å². The summed E-state index contributed by atoms with van der Waals surface area (Å²) in [5.74, 6) is -0.0915. The number of rotatable bonds is 8. The third-order valence-corrected chi connectivity index (χ3v) is 6.59. The van der Waals surface area contributed by atoms with E-state index in [-0.39, 0.29) is 23.6 Å². The van der Waals surface area contributed by atoms with E-state index < -0.39 is 5.82 Å². The summed E-state index contributed by atoms with van der Waals surface area (Å²) in [5.41, 5.74) is 9.15. The van der Waals surface area contributed by atoms with E-state index in [1.165, 1.54) is 6.20 Å². The van der Waals surface area contributed by atoms with Crippen molar-refractivity contribution in [1.82, 2.24) is 15.0 Å². The number of primary amides is 1. The molecule has 3 N–H and O–H groups in total. The summed E-state index contributed by atoms with van der Waals surface area (Å²) >= 11 is 0. The summed E-state index contributed by atoms with van der Waals surface area (Å²) < 4.78 is 20.5. The van der Waals surface area contributed by atoms with Gasteiger partial charge in [0.1, 0.15) is 12.3 Å². The zero-order valence-electron chi connectivity index (χ0n) is 20.3. The highest BCUT2D eigenvalue weighted by Crippen LogP contribution is 2.29. The maximum Gasteiger partial charge on any atom is 0.223 e. The predicted octanol–water partition coefficient (Wildman–Crippen LogP) is 5.38. The average molecular weight is 498 g/mol. The molecule has 4 aromatic rings. The number of carbonyl (C=O) groups excluding carboxylic acids is 1. The fourth-order valence-corrected chi connectivity index (χ4v) is 4.61. The van der Waals surface area contributed by atoms with Crippen LogP contribution in [0.1, 0.15) is 31.2 Å². The van der Waals surface area contributed by atoms with Crippen LogP contribution in [0.2, 0.25) is 0 Å². The van der Waals surface area contributed by atoms with Crippen LogP contribution in [-0.4, -0.2) is 26.9 Å². The topological polar surface area (TPSA) is 103 Å². The van der Waals surface area contributed by atoms with E-state index in [4.69, 9.17) is 10.5 Å². The first-order valence-corrected chi connectivity index (χ1v) is 12.4. The molecular formula is C29H28FN5O2.